The Morgan fingerprint density at radius 2 is 1.89 bits per heavy atom. The van der Waals surface area contributed by atoms with E-state index >= 15 is 0 Å². The summed E-state index contributed by atoms with van der Waals surface area (Å²) in [5.41, 5.74) is 0.362. The van der Waals surface area contributed by atoms with Crippen LogP contribution < -0.4 is 4.90 Å². The summed E-state index contributed by atoms with van der Waals surface area (Å²) in [6.07, 6.45) is 3.32. The zero-order chi connectivity index (χ0) is 19.6. The van der Waals surface area contributed by atoms with Crippen molar-refractivity contribution in [2.24, 2.45) is 0 Å². The number of carbonyl (C=O) groups is 2. The van der Waals surface area contributed by atoms with Crippen LogP contribution in [-0.4, -0.2) is 44.8 Å². The summed E-state index contributed by atoms with van der Waals surface area (Å²) in [7, 11) is 0. The molecule has 1 aromatic heterocycles. The second-order valence-corrected chi connectivity index (χ2v) is 8.15. The first kappa shape index (κ1) is 19.7. The third-order valence-corrected chi connectivity index (χ3v) is 5.91. The highest BCUT2D eigenvalue weighted by molar-refractivity contribution is 7.99. The molecule has 1 aromatic carbocycles. The number of hydrogen-bond acceptors (Lipinski definition) is 5. The van der Waals surface area contributed by atoms with Gasteiger partial charge in [-0.3, -0.25) is 9.78 Å². The van der Waals surface area contributed by atoms with Crippen molar-refractivity contribution < 1.29 is 14.7 Å². The lowest BCUT2D eigenvalue weighted by molar-refractivity contribution is -0.123. The Morgan fingerprint density at radius 1 is 1.19 bits per heavy atom. The van der Waals surface area contributed by atoms with E-state index in [2.05, 4.69) is 4.98 Å². The van der Waals surface area contributed by atoms with Crippen LogP contribution >= 0.6 is 23.4 Å². The molecule has 2 heterocycles. The summed E-state index contributed by atoms with van der Waals surface area (Å²) < 4.78 is 0. The lowest BCUT2D eigenvalue weighted by Crippen LogP contribution is -2.43. The molecule has 27 heavy (non-hydrogen) atoms. The van der Waals surface area contributed by atoms with E-state index < -0.39 is 5.54 Å². The molecule has 0 saturated carbocycles. The summed E-state index contributed by atoms with van der Waals surface area (Å²) in [6, 6.07) is 8.34. The van der Waals surface area contributed by atoms with Gasteiger partial charge in [-0.1, -0.05) is 11.6 Å². The number of urea groups is 1. The molecule has 0 aliphatic carbocycles. The van der Waals surface area contributed by atoms with Crippen LogP contribution in [0, 0.1) is 0 Å². The highest BCUT2D eigenvalue weighted by Gasteiger charge is 2.51. The summed E-state index contributed by atoms with van der Waals surface area (Å²) >= 11 is 7.72. The average molecular weight is 406 g/mol. The number of aliphatic hydroxyl groups excluding tert-OH is 1. The van der Waals surface area contributed by atoms with E-state index in [1.165, 1.54) is 16.7 Å². The van der Waals surface area contributed by atoms with Crippen molar-refractivity contribution in [2.45, 2.75) is 30.8 Å². The molecule has 0 bridgehead atoms. The largest absolute Gasteiger partial charge is 0.396 e. The molecule has 0 radical (unpaired) electrons. The zero-order valence-electron chi connectivity index (χ0n) is 15.1. The SMILES string of the molecule is CC1(C)C(=O)N(c2ccc(SCCO)c(Cl)c2)C(=O)N1Cc1ccncc1. The van der Waals surface area contributed by atoms with E-state index in [0.29, 0.717) is 23.0 Å². The number of aromatic nitrogens is 1. The van der Waals surface area contributed by atoms with Gasteiger partial charge in [0, 0.05) is 29.6 Å². The van der Waals surface area contributed by atoms with E-state index in [1.54, 1.807) is 49.3 Å². The number of halogens is 1. The molecule has 1 N–H and O–H groups in total. The second kappa shape index (κ2) is 7.88. The first-order chi connectivity index (χ1) is 12.9. The molecule has 2 aromatic rings. The molecular formula is C19H20ClN3O3S. The van der Waals surface area contributed by atoms with Crippen molar-refractivity contribution >= 4 is 41.0 Å². The number of rotatable bonds is 6. The highest BCUT2D eigenvalue weighted by Crippen LogP contribution is 2.36. The van der Waals surface area contributed by atoms with Crippen LogP contribution in [0.25, 0.3) is 0 Å². The molecule has 8 heteroatoms. The molecule has 1 saturated heterocycles. The Morgan fingerprint density at radius 3 is 2.52 bits per heavy atom. The van der Waals surface area contributed by atoms with E-state index in [-0.39, 0.29) is 18.5 Å². The lowest BCUT2D eigenvalue weighted by atomic mass is 10.0. The second-order valence-electron chi connectivity index (χ2n) is 6.61. The van der Waals surface area contributed by atoms with Crippen LogP contribution in [-0.2, 0) is 11.3 Å². The summed E-state index contributed by atoms with van der Waals surface area (Å²) in [5, 5.41) is 9.39. The number of anilines is 1. The summed E-state index contributed by atoms with van der Waals surface area (Å²) in [4.78, 5) is 33.5. The Hall–Kier alpha value is -2.09. The Bertz CT molecular complexity index is 861. The molecule has 0 atom stereocenters. The van der Waals surface area contributed by atoms with Crippen molar-refractivity contribution in [3.63, 3.8) is 0 Å². The highest BCUT2D eigenvalue weighted by atomic mass is 35.5. The molecule has 3 rings (SSSR count). The number of thioether (sulfide) groups is 1. The van der Waals surface area contributed by atoms with Crippen LogP contribution in [0.1, 0.15) is 19.4 Å². The predicted octanol–water partition coefficient (Wildman–Crippen LogP) is 3.57. The molecule has 6 nitrogen and oxygen atoms in total. The molecule has 142 valence electrons. The van der Waals surface area contributed by atoms with E-state index in [0.717, 1.165) is 10.5 Å². The topological polar surface area (TPSA) is 73.7 Å². The predicted molar refractivity (Wildman–Crippen MR) is 106 cm³/mol. The fourth-order valence-corrected chi connectivity index (χ4v) is 3.91. The molecule has 1 aliphatic heterocycles. The number of imide groups is 1. The number of pyridine rings is 1. The maximum absolute atomic E-state index is 13.0. The third-order valence-electron chi connectivity index (χ3n) is 4.44. The van der Waals surface area contributed by atoms with Gasteiger partial charge in [-0.25, -0.2) is 9.69 Å². The third kappa shape index (κ3) is 3.81. The quantitative estimate of drug-likeness (QED) is 0.587. The monoisotopic (exact) mass is 405 g/mol. The Kier molecular flexibility index (Phi) is 5.74. The van der Waals surface area contributed by atoms with Crippen molar-refractivity contribution in [3.05, 3.63) is 53.3 Å². The first-order valence-corrected chi connectivity index (χ1v) is 9.81. The maximum Gasteiger partial charge on any atom is 0.332 e. The average Bonchev–Trinajstić information content (AvgIpc) is 2.81. The van der Waals surface area contributed by atoms with Crippen molar-refractivity contribution in [2.75, 3.05) is 17.3 Å². The van der Waals surface area contributed by atoms with Crippen molar-refractivity contribution in [1.82, 2.24) is 9.88 Å². The maximum atomic E-state index is 13.0. The van der Waals surface area contributed by atoms with Gasteiger partial charge in [0.2, 0.25) is 0 Å². The van der Waals surface area contributed by atoms with Gasteiger partial charge >= 0.3 is 6.03 Å². The van der Waals surface area contributed by atoms with Gasteiger partial charge in [0.05, 0.1) is 17.3 Å². The van der Waals surface area contributed by atoms with Gasteiger partial charge in [0.15, 0.2) is 0 Å². The van der Waals surface area contributed by atoms with Gasteiger partial charge in [-0.05, 0) is 49.7 Å². The minimum atomic E-state index is -0.975. The lowest BCUT2D eigenvalue weighted by Gasteiger charge is -2.27. The van der Waals surface area contributed by atoms with Crippen LogP contribution in [0.2, 0.25) is 5.02 Å². The number of nitrogens with zero attached hydrogens (tertiary/aromatic N) is 3. The zero-order valence-corrected chi connectivity index (χ0v) is 16.6. The van der Waals surface area contributed by atoms with Gasteiger partial charge in [-0.2, -0.15) is 0 Å². The van der Waals surface area contributed by atoms with E-state index in [4.69, 9.17) is 16.7 Å². The van der Waals surface area contributed by atoms with Gasteiger partial charge < -0.3 is 10.0 Å². The van der Waals surface area contributed by atoms with Crippen LogP contribution in [0.5, 0.6) is 0 Å². The van der Waals surface area contributed by atoms with Crippen molar-refractivity contribution in [3.8, 4) is 0 Å². The van der Waals surface area contributed by atoms with Crippen LogP contribution in [0.4, 0.5) is 10.5 Å². The van der Waals surface area contributed by atoms with E-state index in [1.807, 2.05) is 12.1 Å². The number of aliphatic hydroxyl groups is 1. The fraction of sp³-hybridized carbons (Fsp3) is 0.316. The molecular weight excluding hydrogens is 386 g/mol. The smallest absolute Gasteiger partial charge is 0.332 e. The van der Waals surface area contributed by atoms with Crippen molar-refractivity contribution in [1.29, 1.82) is 0 Å². The van der Waals surface area contributed by atoms with Gasteiger partial charge in [-0.15, -0.1) is 11.8 Å². The molecule has 0 unspecified atom stereocenters. The normalized spacial score (nSPS) is 16.3. The molecule has 0 spiro atoms. The summed E-state index contributed by atoms with van der Waals surface area (Å²) in [5.74, 6) is 0.223. The molecule has 3 amide bonds. The Balaban J connectivity index is 1.89. The minimum Gasteiger partial charge on any atom is -0.396 e. The van der Waals surface area contributed by atoms with Gasteiger partial charge in [0.1, 0.15) is 5.54 Å². The number of amides is 3. The minimum absolute atomic E-state index is 0.0456. The fourth-order valence-electron chi connectivity index (χ4n) is 2.90. The summed E-state index contributed by atoms with van der Waals surface area (Å²) in [6.45, 7) is 3.84. The van der Waals surface area contributed by atoms with Crippen LogP contribution in [0.15, 0.2) is 47.6 Å². The first-order valence-electron chi connectivity index (χ1n) is 8.44. The number of carbonyl (C=O) groups excluding carboxylic acids is 2. The van der Waals surface area contributed by atoms with Crippen LogP contribution in [0.3, 0.4) is 0 Å². The number of benzene rings is 1. The Labute approximate surface area is 167 Å². The van der Waals surface area contributed by atoms with Gasteiger partial charge in [0.25, 0.3) is 5.91 Å². The van der Waals surface area contributed by atoms with E-state index in [9.17, 15) is 9.59 Å². The molecule has 1 fully saturated rings. The molecule has 1 aliphatic rings. The number of hydrogen-bond donors (Lipinski definition) is 1. The standard InChI is InChI=1S/C19H20ClN3O3S/c1-19(2)17(25)23(14-3-4-16(15(20)11-14)27-10-9-24)18(26)22(19)12-13-5-7-21-8-6-13/h3-8,11,24H,9-10,12H2,1-2H3.